The molecule has 0 spiro atoms. The maximum absolute atomic E-state index is 13.1. The van der Waals surface area contributed by atoms with E-state index in [1.807, 2.05) is 60.7 Å². The van der Waals surface area contributed by atoms with Gasteiger partial charge >= 0.3 is 0 Å². The van der Waals surface area contributed by atoms with Crippen molar-refractivity contribution in [1.82, 2.24) is 9.55 Å². The first-order chi connectivity index (χ1) is 17.0. The molecule has 6 heteroatoms. The van der Waals surface area contributed by atoms with Gasteiger partial charge in [0.05, 0.1) is 29.4 Å². The van der Waals surface area contributed by atoms with Crippen LogP contribution in [0.1, 0.15) is 16.2 Å². The summed E-state index contributed by atoms with van der Waals surface area (Å²) >= 11 is 0. The Hall–Kier alpha value is -4.71. The molecule has 0 saturated carbocycles. The van der Waals surface area contributed by atoms with E-state index in [1.54, 1.807) is 47.9 Å². The molecule has 0 unspecified atom stereocenters. The highest BCUT2D eigenvalue weighted by molar-refractivity contribution is 6.05. The maximum Gasteiger partial charge on any atom is 0.265 e. The molecule has 172 valence electrons. The Balaban J connectivity index is 1.43. The lowest BCUT2D eigenvalue weighted by Gasteiger charge is -2.15. The standard InChI is InChI=1S/C29H23N3O3/c1-19-30-25-11-7-6-10-24(25)29(34)32(19)23-16-17-26(27(18-23)35-2)31-28(33)22-14-12-21(13-15-22)20-8-4-3-5-9-20/h3-18H,1-2H3,(H,31,33). The van der Waals surface area contributed by atoms with E-state index < -0.39 is 0 Å². The highest BCUT2D eigenvalue weighted by Gasteiger charge is 2.14. The second kappa shape index (κ2) is 9.27. The molecule has 1 aromatic heterocycles. The predicted octanol–water partition coefficient (Wildman–Crippen LogP) is 5.62. The molecule has 0 bridgehead atoms. The summed E-state index contributed by atoms with van der Waals surface area (Å²) in [6, 6.07) is 29.9. The Morgan fingerprint density at radius 3 is 2.29 bits per heavy atom. The van der Waals surface area contributed by atoms with Crippen LogP contribution in [0.15, 0.2) is 102 Å². The Morgan fingerprint density at radius 2 is 1.54 bits per heavy atom. The van der Waals surface area contributed by atoms with Crippen molar-refractivity contribution in [2.24, 2.45) is 0 Å². The number of rotatable bonds is 5. The zero-order valence-electron chi connectivity index (χ0n) is 19.4. The second-order valence-electron chi connectivity index (χ2n) is 8.10. The van der Waals surface area contributed by atoms with Gasteiger partial charge in [-0.3, -0.25) is 14.2 Å². The fraction of sp³-hybridized carbons (Fsp3) is 0.0690. The smallest absolute Gasteiger partial charge is 0.265 e. The third-order valence-electron chi connectivity index (χ3n) is 5.89. The number of fused-ring (bicyclic) bond motifs is 1. The molecule has 6 nitrogen and oxygen atoms in total. The minimum Gasteiger partial charge on any atom is -0.494 e. The van der Waals surface area contributed by atoms with Gasteiger partial charge in [0.2, 0.25) is 0 Å². The van der Waals surface area contributed by atoms with Gasteiger partial charge in [0.1, 0.15) is 11.6 Å². The summed E-state index contributed by atoms with van der Waals surface area (Å²) in [6.07, 6.45) is 0. The summed E-state index contributed by atoms with van der Waals surface area (Å²) in [5.41, 5.74) is 4.26. The number of amides is 1. The predicted molar refractivity (Wildman–Crippen MR) is 138 cm³/mol. The molecule has 5 rings (SSSR count). The van der Waals surface area contributed by atoms with Gasteiger partial charge in [0.25, 0.3) is 11.5 Å². The van der Waals surface area contributed by atoms with Crippen LogP contribution in [0.2, 0.25) is 0 Å². The molecule has 0 saturated heterocycles. The average molecular weight is 462 g/mol. The molecule has 0 aliphatic carbocycles. The molecule has 0 radical (unpaired) electrons. The van der Waals surface area contributed by atoms with Crippen LogP contribution in [0.3, 0.4) is 0 Å². The summed E-state index contributed by atoms with van der Waals surface area (Å²) in [5.74, 6) is 0.749. The summed E-state index contributed by atoms with van der Waals surface area (Å²) in [4.78, 5) is 30.6. The van der Waals surface area contributed by atoms with Crippen LogP contribution in [0.25, 0.3) is 27.7 Å². The van der Waals surface area contributed by atoms with Crippen molar-refractivity contribution in [2.75, 3.05) is 12.4 Å². The lowest BCUT2D eigenvalue weighted by Crippen LogP contribution is -2.22. The van der Waals surface area contributed by atoms with Gasteiger partial charge in [0, 0.05) is 11.6 Å². The number of aryl methyl sites for hydroxylation is 1. The molecule has 1 N–H and O–H groups in total. The van der Waals surface area contributed by atoms with Crippen LogP contribution < -0.4 is 15.6 Å². The number of methoxy groups -OCH3 is 1. The lowest BCUT2D eigenvalue weighted by atomic mass is 10.0. The summed E-state index contributed by atoms with van der Waals surface area (Å²) in [6.45, 7) is 1.79. The Labute approximate surface area is 202 Å². The quantitative estimate of drug-likeness (QED) is 0.369. The number of para-hydroxylation sites is 1. The maximum atomic E-state index is 13.1. The highest BCUT2D eigenvalue weighted by atomic mass is 16.5. The van der Waals surface area contributed by atoms with Gasteiger partial charge in [0.15, 0.2) is 0 Å². The topological polar surface area (TPSA) is 73.2 Å². The van der Waals surface area contributed by atoms with E-state index in [-0.39, 0.29) is 11.5 Å². The van der Waals surface area contributed by atoms with E-state index in [4.69, 9.17) is 4.74 Å². The largest absolute Gasteiger partial charge is 0.494 e. The van der Waals surface area contributed by atoms with Gasteiger partial charge in [-0.25, -0.2) is 4.98 Å². The van der Waals surface area contributed by atoms with Crippen LogP contribution in [0.5, 0.6) is 5.75 Å². The van der Waals surface area contributed by atoms with Crippen LogP contribution in [-0.4, -0.2) is 22.6 Å². The number of anilines is 1. The number of carbonyl (C=O) groups is 1. The van der Waals surface area contributed by atoms with Gasteiger partial charge in [-0.2, -0.15) is 0 Å². The number of carbonyl (C=O) groups excluding carboxylic acids is 1. The molecule has 5 aromatic rings. The number of nitrogens with one attached hydrogen (secondary N) is 1. The van der Waals surface area contributed by atoms with Crippen molar-refractivity contribution in [3.8, 4) is 22.6 Å². The number of benzene rings is 4. The average Bonchev–Trinajstić information content (AvgIpc) is 2.90. The first-order valence-electron chi connectivity index (χ1n) is 11.2. The molecule has 4 aromatic carbocycles. The number of ether oxygens (including phenoxy) is 1. The highest BCUT2D eigenvalue weighted by Crippen LogP contribution is 2.28. The van der Waals surface area contributed by atoms with Gasteiger partial charge in [-0.05, 0) is 54.4 Å². The third-order valence-corrected chi connectivity index (χ3v) is 5.89. The fourth-order valence-corrected chi connectivity index (χ4v) is 4.11. The molecule has 0 aliphatic rings. The van der Waals surface area contributed by atoms with E-state index in [2.05, 4.69) is 10.3 Å². The third kappa shape index (κ3) is 4.29. The Bertz CT molecular complexity index is 1590. The summed E-state index contributed by atoms with van der Waals surface area (Å²) in [5, 5.41) is 3.44. The molecule has 0 fully saturated rings. The molecule has 1 amide bonds. The lowest BCUT2D eigenvalue weighted by molar-refractivity contribution is 0.102. The number of hydrogen-bond donors (Lipinski definition) is 1. The summed E-state index contributed by atoms with van der Waals surface area (Å²) in [7, 11) is 1.53. The second-order valence-corrected chi connectivity index (χ2v) is 8.10. The monoisotopic (exact) mass is 461 g/mol. The Kier molecular flexibility index (Phi) is 5.85. The molecular formula is C29H23N3O3. The van der Waals surface area contributed by atoms with E-state index in [0.717, 1.165) is 11.1 Å². The normalized spacial score (nSPS) is 10.8. The van der Waals surface area contributed by atoms with Gasteiger partial charge in [-0.15, -0.1) is 0 Å². The van der Waals surface area contributed by atoms with Crippen molar-refractivity contribution in [3.63, 3.8) is 0 Å². The van der Waals surface area contributed by atoms with Crippen molar-refractivity contribution >= 4 is 22.5 Å². The van der Waals surface area contributed by atoms with Crippen LogP contribution in [-0.2, 0) is 0 Å². The van der Waals surface area contributed by atoms with Gasteiger partial charge < -0.3 is 10.1 Å². The molecule has 1 heterocycles. The van der Waals surface area contributed by atoms with Gasteiger partial charge in [-0.1, -0.05) is 54.6 Å². The van der Waals surface area contributed by atoms with E-state index in [1.165, 1.54) is 7.11 Å². The van der Waals surface area contributed by atoms with Crippen molar-refractivity contribution in [1.29, 1.82) is 0 Å². The van der Waals surface area contributed by atoms with E-state index in [0.29, 0.717) is 39.4 Å². The fourth-order valence-electron chi connectivity index (χ4n) is 4.11. The van der Waals surface area contributed by atoms with E-state index in [9.17, 15) is 9.59 Å². The molecule has 0 aliphatic heterocycles. The zero-order chi connectivity index (χ0) is 24.4. The SMILES string of the molecule is COc1cc(-n2c(C)nc3ccccc3c2=O)ccc1NC(=O)c1ccc(-c2ccccc2)cc1. The first kappa shape index (κ1) is 22.1. The zero-order valence-corrected chi connectivity index (χ0v) is 19.4. The van der Waals surface area contributed by atoms with Crippen molar-refractivity contribution < 1.29 is 9.53 Å². The number of hydrogen-bond acceptors (Lipinski definition) is 4. The summed E-state index contributed by atoms with van der Waals surface area (Å²) < 4.78 is 7.08. The van der Waals surface area contributed by atoms with Crippen LogP contribution in [0.4, 0.5) is 5.69 Å². The number of aromatic nitrogens is 2. The van der Waals surface area contributed by atoms with E-state index >= 15 is 0 Å². The van der Waals surface area contributed by atoms with Crippen molar-refractivity contribution in [3.05, 3.63) is 119 Å². The molecule has 35 heavy (non-hydrogen) atoms. The minimum atomic E-state index is -0.253. The molecular weight excluding hydrogens is 438 g/mol. The Morgan fingerprint density at radius 1 is 0.857 bits per heavy atom. The number of nitrogens with zero attached hydrogens (tertiary/aromatic N) is 2. The van der Waals surface area contributed by atoms with Crippen LogP contribution in [0, 0.1) is 6.92 Å². The van der Waals surface area contributed by atoms with Crippen molar-refractivity contribution in [2.45, 2.75) is 6.92 Å². The minimum absolute atomic E-state index is 0.162. The van der Waals surface area contributed by atoms with Crippen LogP contribution >= 0.6 is 0 Å². The first-order valence-corrected chi connectivity index (χ1v) is 11.2. The molecule has 0 atom stereocenters.